The quantitative estimate of drug-likeness (QED) is 0.880. The van der Waals surface area contributed by atoms with Crippen LogP contribution in [0.1, 0.15) is 18.1 Å². The predicted octanol–water partition coefficient (Wildman–Crippen LogP) is 2.10. The molecule has 0 saturated heterocycles. The molecule has 0 bridgehead atoms. The number of aromatic nitrogens is 3. The fourth-order valence-electron chi connectivity index (χ4n) is 2.08. The predicted molar refractivity (Wildman–Crippen MR) is 85.2 cm³/mol. The summed E-state index contributed by atoms with van der Waals surface area (Å²) in [6.07, 6.45) is 0.736. The summed E-state index contributed by atoms with van der Waals surface area (Å²) >= 11 is 0. The number of benzene rings is 1. The molecule has 2 aromatic rings. The van der Waals surface area contributed by atoms with Gasteiger partial charge in [-0.25, -0.2) is 4.79 Å². The molecule has 2 N–H and O–H groups in total. The van der Waals surface area contributed by atoms with E-state index >= 15 is 0 Å². The maximum Gasteiger partial charge on any atom is 0.412 e. The fourth-order valence-corrected chi connectivity index (χ4v) is 2.08. The summed E-state index contributed by atoms with van der Waals surface area (Å²) in [7, 11) is 0. The first-order valence-corrected chi connectivity index (χ1v) is 7.18. The molecule has 0 aliphatic heterocycles. The van der Waals surface area contributed by atoms with E-state index < -0.39 is 6.09 Å². The maximum absolute atomic E-state index is 12.0. The number of carbonyl (C=O) groups is 2. The molecule has 2 amide bonds. The van der Waals surface area contributed by atoms with Crippen molar-refractivity contribution in [1.82, 2.24) is 15.0 Å². The van der Waals surface area contributed by atoms with Crippen molar-refractivity contribution in [2.24, 2.45) is 0 Å². The minimum Gasteiger partial charge on any atom is -0.450 e. The number of hydrogen-bond donors (Lipinski definition) is 2. The average molecular weight is 317 g/mol. The van der Waals surface area contributed by atoms with E-state index in [2.05, 4.69) is 20.8 Å². The molecule has 8 heteroatoms. The van der Waals surface area contributed by atoms with E-state index in [-0.39, 0.29) is 24.9 Å². The Morgan fingerprint density at radius 3 is 2.52 bits per heavy atom. The summed E-state index contributed by atoms with van der Waals surface area (Å²) in [5, 5.41) is 13.1. The lowest BCUT2D eigenvalue weighted by Gasteiger charge is -2.07. The zero-order chi connectivity index (χ0) is 16.8. The Morgan fingerprint density at radius 1 is 1.17 bits per heavy atom. The minimum atomic E-state index is -0.612. The number of nitrogens with zero attached hydrogens (tertiary/aromatic N) is 3. The molecule has 1 aromatic heterocycles. The summed E-state index contributed by atoms with van der Waals surface area (Å²) < 4.78 is 4.73. The molecular weight excluding hydrogens is 298 g/mol. The molecular formula is C15H19N5O3. The SMILES string of the molecule is CCOC(=O)Nc1cnn(CC(=O)Nc2cc(C)cc(C)c2)n1. The fraction of sp³-hybridized carbons (Fsp3) is 0.333. The molecule has 0 aliphatic carbocycles. The molecule has 0 radical (unpaired) electrons. The number of hydrogen-bond acceptors (Lipinski definition) is 5. The van der Waals surface area contributed by atoms with Gasteiger partial charge in [-0.15, -0.1) is 5.10 Å². The second-order valence-electron chi connectivity index (χ2n) is 5.03. The van der Waals surface area contributed by atoms with Crippen molar-refractivity contribution >= 4 is 23.5 Å². The Morgan fingerprint density at radius 2 is 1.87 bits per heavy atom. The molecule has 1 heterocycles. The van der Waals surface area contributed by atoms with Gasteiger partial charge in [0.2, 0.25) is 5.91 Å². The van der Waals surface area contributed by atoms with E-state index in [0.717, 1.165) is 16.8 Å². The van der Waals surface area contributed by atoms with Crippen LogP contribution in [-0.2, 0) is 16.1 Å². The number of anilines is 2. The Hall–Kier alpha value is -2.90. The lowest BCUT2D eigenvalue weighted by molar-refractivity contribution is -0.117. The molecule has 122 valence electrons. The topological polar surface area (TPSA) is 98.1 Å². The molecule has 2 rings (SSSR count). The Balaban J connectivity index is 1.93. The number of nitrogens with one attached hydrogen (secondary N) is 2. The van der Waals surface area contributed by atoms with Gasteiger partial charge in [0.05, 0.1) is 12.8 Å². The van der Waals surface area contributed by atoms with Crippen LogP contribution in [0.2, 0.25) is 0 Å². The van der Waals surface area contributed by atoms with Crippen molar-refractivity contribution in [2.45, 2.75) is 27.3 Å². The average Bonchev–Trinajstić information content (AvgIpc) is 2.84. The second-order valence-corrected chi connectivity index (χ2v) is 5.03. The highest BCUT2D eigenvalue weighted by Gasteiger charge is 2.09. The zero-order valence-corrected chi connectivity index (χ0v) is 13.3. The monoisotopic (exact) mass is 317 g/mol. The van der Waals surface area contributed by atoms with Crippen LogP contribution in [-0.4, -0.2) is 33.6 Å². The van der Waals surface area contributed by atoms with Crippen LogP contribution in [0.15, 0.2) is 24.4 Å². The number of carbonyl (C=O) groups excluding carboxylic acids is 2. The summed E-state index contributed by atoms with van der Waals surface area (Å²) in [4.78, 5) is 24.5. The Labute approximate surface area is 133 Å². The first-order chi connectivity index (χ1) is 11.0. The van der Waals surface area contributed by atoms with Crippen LogP contribution in [0, 0.1) is 13.8 Å². The van der Waals surface area contributed by atoms with E-state index in [9.17, 15) is 9.59 Å². The van der Waals surface area contributed by atoms with Crippen LogP contribution >= 0.6 is 0 Å². The van der Waals surface area contributed by atoms with Gasteiger partial charge in [-0.3, -0.25) is 10.1 Å². The third-order valence-corrected chi connectivity index (χ3v) is 2.83. The van der Waals surface area contributed by atoms with E-state index in [1.165, 1.54) is 11.0 Å². The van der Waals surface area contributed by atoms with Crippen molar-refractivity contribution in [1.29, 1.82) is 0 Å². The van der Waals surface area contributed by atoms with Gasteiger partial charge in [-0.1, -0.05) is 6.07 Å². The van der Waals surface area contributed by atoms with Crippen molar-refractivity contribution in [3.05, 3.63) is 35.5 Å². The van der Waals surface area contributed by atoms with E-state index in [0.29, 0.717) is 0 Å². The van der Waals surface area contributed by atoms with Gasteiger partial charge in [-0.05, 0) is 44.0 Å². The highest BCUT2D eigenvalue weighted by Crippen LogP contribution is 2.13. The van der Waals surface area contributed by atoms with Crippen molar-refractivity contribution in [2.75, 3.05) is 17.2 Å². The molecule has 0 spiro atoms. The lowest BCUT2D eigenvalue weighted by Crippen LogP contribution is -2.21. The summed E-state index contributed by atoms with van der Waals surface area (Å²) in [6, 6.07) is 5.79. The van der Waals surface area contributed by atoms with Crippen LogP contribution < -0.4 is 10.6 Å². The molecule has 1 aromatic carbocycles. The first kappa shape index (κ1) is 16.5. The van der Waals surface area contributed by atoms with Crippen LogP contribution in [0.5, 0.6) is 0 Å². The van der Waals surface area contributed by atoms with Crippen molar-refractivity contribution in [3.63, 3.8) is 0 Å². The van der Waals surface area contributed by atoms with Gasteiger partial charge < -0.3 is 10.1 Å². The van der Waals surface area contributed by atoms with Gasteiger partial charge >= 0.3 is 6.09 Å². The zero-order valence-electron chi connectivity index (χ0n) is 13.3. The highest BCUT2D eigenvalue weighted by atomic mass is 16.5. The standard InChI is InChI=1S/C15H19N5O3/c1-4-23-15(22)18-13-8-16-20(19-13)9-14(21)17-12-6-10(2)5-11(3)7-12/h5-8H,4,9H2,1-3H3,(H,17,21)(H,18,19,22). The van der Waals surface area contributed by atoms with Crippen LogP contribution in [0.25, 0.3) is 0 Å². The number of rotatable bonds is 5. The van der Waals surface area contributed by atoms with E-state index in [1.54, 1.807) is 6.92 Å². The molecule has 0 unspecified atom stereocenters. The Bertz CT molecular complexity index is 691. The van der Waals surface area contributed by atoms with Gasteiger partial charge in [0.15, 0.2) is 5.82 Å². The van der Waals surface area contributed by atoms with Crippen molar-refractivity contribution in [3.8, 4) is 0 Å². The smallest absolute Gasteiger partial charge is 0.412 e. The van der Waals surface area contributed by atoms with Gasteiger partial charge in [0.25, 0.3) is 0 Å². The van der Waals surface area contributed by atoms with Crippen molar-refractivity contribution < 1.29 is 14.3 Å². The lowest BCUT2D eigenvalue weighted by atomic mass is 10.1. The molecule has 23 heavy (non-hydrogen) atoms. The molecule has 0 aliphatic rings. The summed E-state index contributed by atoms with van der Waals surface area (Å²) in [5.41, 5.74) is 2.86. The largest absolute Gasteiger partial charge is 0.450 e. The number of ether oxygens (including phenoxy) is 1. The van der Waals surface area contributed by atoms with Gasteiger partial charge in [0.1, 0.15) is 6.54 Å². The third-order valence-electron chi connectivity index (χ3n) is 2.83. The first-order valence-electron chi connectivity index (χ1n) is 7.18. The van der Waals surface area contributed by atoms with E-state index in [1.807, 2.05) is 32.0 Å². The number of aryl methyl sites for hydroxylation is 2. The normalized spacial score (nSPS) is 10.2. The molecule has 0 saturated carbocycles. The maximum atomic E-state index is 12.0. The highest BCUT2D eigenvalue weighted by molar-refractivity contribution is 5.90. The van der Waals surface area contributed by atoms with Gasteiger partial charge in [0, 0.05) is 5.69 Å². The summed E-state index contributed by atoms with van der Waals surface area (Å²) in [5.74, 6) is -0.0315. The number of amides is 2. The Kier molecular flexibility index (Phi) is 5.29. The summed E-state index contributed by atoms with van der Waals surface area (Å²) in [6.45, 7) is 5.83. The second kappa shape index (κ2) is 7.39. The van der Waals surface area contributed by atoms with Gasteiger partial charge in [-0.2, -0.15) is 9.90 Å². The van der Waals surface area contributed by atoms with E-state index in [4.69, 9.17) is 4.74 Å². The molecule has 8 nitrogen and oxygen atoms in total. The molecule has 0 fully saturated rings. The van der Waals surface area contributed by atoms with Crippen LogP contribution in [0.3, 0.4) is 0 Å². The molecule has 0 atom stereocenters. The van der Waals surface area contributed by atoms with Crippen LogP contribution in [0.4, 0.5) is 16.3 Å². The third kappa shape index (κ3) is 5.10. The minimum absolute atomic E-state index is 0.0580.